The lowest BCUT2D eigenvalue weighted by Gasteiger charge is -2.46. The topological polar surface area (TPSA) is 25.4 Å². The number of hydrogen-bond donors (Lipinski definition) is 0. The third-order valence-corrected chi connectivity index (χ3v) is 6.75. The van der Waals surface area contributed by atoms with Crippen LogP contribution in [0.25, 0.3) is 0 Å². The minimum Gasteiger partial charge on any atom is -0.487 e. The van der Waals surface area contributed by atoms with Crippen molar-refractivity contribution >= 4 is 0 Å². The summed E-state index contributed by atoms with van der Waals surface area (Å²) < 4.78 is 46.9. The first-order valence-electron chi connectivity index (χ1n) is 11.2. The molecule has 3 nitrogen and oxygen atoms in total. The molecule has 0 N–H and O–H groups in total. The summed E-state index contributed by atoms with van der Waals surface area (Å²) in [5.41, 5.74) is 1.82. The highest BCUT2D eigenvalue weighted by Gasteiger charge is 2.42. The molecule has 1 atom stereocenters. The van der Waals surface area contributed by atoms with Crippen molar-refractivity contribution in [2.24, 2.45) is 5.92 Å². The molecule has 1 unspecified atom stereocenters. The summed E-state index contributed by atoms with van der Waals surface area (Å²) in [6.45, 7) is 7.66. The fourth-order valence-corrected chi connectivity index (χ4v) is 4.98. The van der Waals surface area contributed by atoms with Crippen molar-refractivity contribution < 1.29 is 17.9 Å². The second-order valence-electron chi connectivity index (χ2n) is 9.47. The summed E-state index contributed by atoms with van der Waals surface area (Å²) in [7, 11) is 0. The normalized spacial score (nSPS) is 19.8. The van der Waals surface area contributed by atoms with Crippen molar-refractivity contribution in [1.29, 1.82) is 0 Å². The van der Waals surface area contributed by atoms with E-state index in [-0.39, 0.29) is 17.3 Å². The van der Waals surface area contributed by atoms with Crippen LogP contribution in [0.1, 0.15) is 68.5 Å². The zero-order valence-corrected chi connectivity index (χ0v) is 18.5. The second-order valence-corrected chi connectivity index (χ2v) is 9.47. The Morgan fingerprint density at radius 1 is 1.10 bits per heavy atom. The van der Waals surface area contributed by atoms with Crippen molar-refractivity contribution in [3.63, 3.8) is 0 Å². The maximum atomic E-state index is 13.4. The van der Waals surface area contributed by atoms with Gasteiger partial charge >= 0.3 is 6.18 Å². The van der Waals surface area contributed by atoms with Gasteiger partial charge in [0, 0.05) is 25.3 Å². The Morgan fingerprint density at radius 2 is 1.84 bits per heavy atom. The van der Waals surface area contributed by atoms with E-state index in [1.165, 1.54) is 23.4 Å². The molecule has 31 heavy (non-hydrogen) atoms. The summed E-state index contributed by atoms with van der Waals surface area (Å²) in [6, 6.07) is 8.68. The van der Waals surface area contributed by atoms with Gasteiger partial charge in [-0.05, 0) is 74.3 Å². The van der Waals surface area contributed by atoms with Gasteiger partial charge in [0.05, 0.1) is 11.3 Å². The van der Waals surface area contributed by atoms with E-state index in [1.807, 2.05) is 6.92 Å². The molecule has 2 aromatic rings. The lowest BCUT2D eigenvalue weighted by Crippen LogP contribution is -2.50. The van der Waals surface area contributed by atoms with Gasteiger partial charge in [0.1, 0.15) is 11.4 Å². The van der Waals surface area contributed by atoms with Crippen LogP contribution in [0.15, 0.2) is 36.5 Å². The highest BCUT2D eigenvalue weighted by Crippen LogP contribution is 2.42. The highest BCUT2D eigenvalue weighted by atomic mass is 19.4. The molecule has 2 aliphatic rings. The Bertz CT molecular complexity index is 917. The molecule has 0 aliphatic carbocycles. The number of hydrogen-bond acceptors (Lipinski definition) is 3. The third kappa shape index (κ3) is 4.74. The summed E-state index contributed by atoms with van der Waals surface area (Å²) in [6.07, 6.45) is 1.68. The Balaban J connectivity index is 1.46. The van der Waals surface area contributed by atoms with Crippen LogP contribution in [0.4, 0.5) is 13.2 Å². The molecule has 0 bridgehead atoms. The molecule has 1 aromatic carbocycles. The quantitative estimate of drug-likeness (QED) is 0.574. The summed E-state index contributed by atoms with van der Waals surface area (Å²) >= 11 is 0. The van der Waals surface area contributed by atoms with Gasteiger partial charge in [0.2, 0.25) is 0 Å². The number of rotatable bonds is 4. The number of fused-ring (bicyclic) bond motifs is 1. The SMILES string of the molecule is CC(C)Cc1ccc2c(c1)OC1(CC2)CCN(C(C)c2ncccc2C(F)(F)F)CC1. The van der Waals surface area contributed by atoms with E-state index in [1.54, 1.807) is 0 Å². The summed E-state index contributed by atoms with van der Waals surface area (Å²) in [4.78, 5) is 6.20. The van der Waals surface area contributed by atoms with Gasteiger partial charge in [-0.2, -0.15) is 13.2 Å². The highest BCUT2D eigenvalue weighted by molar-refractivity contribution is 5.40. The number of piperidine rings is 1. The fraction of sp³-hybridized carbons (Fsp3) is 0.560. The van der Waals surface area contributed by atoms with Crippen LogP contribution >= 0.6 is 0 Å². The van der Waals surface area contributed by atoms with Crippen molar-refractivity contribution in [3.8, 4) is 5.75 Å². The number of nitrogens with zero attached hydrogens (tertiary/aromatic N) is 2. The number of halogens is 3. The average Bonchev–Trinajstić information content (AvgIpc) is 2.72. The number of likely N-dealkylation sites (tertiary alicyclic amines) is 1. The average molecular weight is 433 g/mol. The van der Waals surface area contributed by atoms with Crippen molar-refractivity contribution in [3.05, 3.63) is 58.9 Å². The number of aryl methyl sites for hydroxylation is 1. The summed E-state index contributed by atoms with van der Waals surface area (Å²) in [5, 5.41) is 0. The van der Waals surface area contributed by atoms with Crippen LogP contribution in [0.3, 0.4) is 0 Å². The number of aromatic nitrogens is 1. The Morgan fingerprint density at radius 3 is 2.52 bits per heavy atom. The summed E-state index contributed by atoms with van der Waals surface area (Å²) in [5.74, 6) is 1.59. The van der Waals surface area contributed by atoms with Crippen LogP contribution in [-0.4, -0.2) is 28.6 Å². The van der Waals surface area contributed by atoms with E-state index in [4.69, 9.17) is 4.74 Å². The largest absolute Gasteiger partial charge is 0.487 e. The minimum atomic E-state index is -4.39. The van der Waals surface area contributed by atoms with Gasteiger partial charge in [0.25, 0.3) is 0 Å². The Labute approximate surface area is 182 Å². The maximum Gasteiger partial charge on any atom is 0.418 e. The van der Waals surface area contributed by atoms with E-state index >= 15 is 0 Å². The molecule has 1 aromatic heterocycles. The number of ether oxygens (including phenoxy) is 1. The molecule has 2 aliphatic heterocycles. The second kappa shape index (κ2) is 8.45. The Kier molecular flexibility index (Phi) is 6.03. The molecular weight excluding hydrogens is 401 g/mol. The van der Waals surface area contributed by atoms with Gasteiger partial charge in [-0.25, -0.2) is 0 Å². The molecule has 0 saturated carbocycles. The lowest BCUT2D eigenvalue weighted by atomic mass is 9.82. The number of benzene rings is 1. The van der Waals surface area contributed by atoms with Gasteiger partial charge in [-0.1, -0.05) is 26.0 Å². The molecule has 1 fully saturated rings. The number of pyridine rings is 1. The van der Waals surface area contributed by atoms with E-state index in [9.17, 15) is 13.2 Å². The van der Waals surface area contributed by atoms with Crippen LogP contribution in [0.5, 0.6) is 5.75 Å². The van der Waals surface area contributed by atoms with Crippen molar-refractivity contribution in [2.75, 3.05) is 13.1 Å². The van der Waals surface area contributed by atoms with Crippen molar-refractivity contribution in [1.82, 2.24) is 9.88 Å². The monoisotopic (exact) mass is 432 g/mol. The first kappa shape index (κ1) is 22.1. The van der Waals surface area contributed by atoms with Gasteiger partial charge in [0.15, 0.2) is 0 Å². The zero-order chi connectivity index (χ0) is 22.2. The first-order valence-corrected chi connectivity index (χ1v) is 11.2. The third-order valence-electron chi connectivity index (χ3n) is 6.75. The molecule has 0 amide bonds. The smallest absolute Gasteiger partial charge is 0.418 e. The van der Waals surface area contributed by atoms with Crippen LogP contribution in [0, 0.1) is 5.92 Å². The molecule has 0 radical (unpaired) electrons. The Hall–Kier alpha value is -2.08. The molecule has 1 spiro atoms. The van der Waals surface area contributed by atoms with Crippen LogP contribution in [-0.2, 0) is 19.0 Å². The molecule has 3 heterocycles. The molecule has 168 valence electrons. The standard InChI is InChI=1S/C25H31F3N2O/c1-17(2)15-19-6-7-20-8-9-24(31-22(20)16-19)10-13-30(14-11-24)18(3)23-21(25(26,27)28)5-4-12-29-23/h4-7,12,16-18H,8-11,13-15H2,1-3H3. The van der Waals surface area contributed by atoms with E-state index in [2.05, 4.69) is 41.9 Å². The molecule has 4 rings (SSSR count). The minimum absolute atomic E-state index is 0.110. The van der Waals surface area contributed by atoms with Crippen LogP contribution in [0.2, 0.25) is 0 Å². The molecule has 1 saturated heterocycles. The predicted molar refractivity (Wildman–Crippen MR) is 115 cm³/mol. The zero-order valence-electron chi connectivity index (χ0n) is 18.5. The predicted octanol–water partition coefficient (Wildman–Crippen LogP) is 6.22. The van der Waals surface area contributed by atoms with Crippen LogP contribution < -0.4 is 4.74 Å². The van der Waals surface area contributed by atoms with Gasteiger partial charge in [-0.15, -0.1) is 0 Å². The van der Waals surface area contributed by atoms with E-state index in [0.29, 0.717) is 19.0 Å². The van der Waals surface area contributed by atoms with Gasteiger partial charge < -0.3 is 4.74 Å². The molecular formula is C25H31F3N2O. The lowest BCUT2D eigenvalue weighted by molar-refractivity contribution is -0.139. The van der Waals surface area contributed by atoms with E-state index in [0.717, 1.165) is 43.9 Å². The van der Waals surface area contributed by atoms with E-state index < -0.39 is 11.7 Å². The van der Waals surface area contributed by atoms with Gasteiger partial charge in [-0.3, -0.25) is 9.88 Å². The fourth-order valence-electron chi connectivity index (χ4n) is 4.98. The first-order chi connectivity index (χ1) is 14.7. The molecule has 6 heteroatoms. The maximum absolute atomic E-state index is 13.4. The number of alkyl halides is 3. The van der Waals surface area contributed by atoms with Crippen molar-refractivity contribution in [2.45, 2.75) is 70.7 Å².